The number of hydrogen-bond donors (Lipinski definition) is 3. The van der Waals surface area contributed by atoms with E-state index < -0.39 is 34.3 Å². The second kappa shape index (κ2) is 18.6. The summed E-state index contributed by atoms with van der Waals surface area (Å²) in [5.41, 5.74) is 0. The van der Waals surface area contributed by atoms with E-state index in [0.717, 1.165) is 19.3 Å². The first-order chi connectivity index (χ1) is 16.2. The van der Waals surface area contributed by atoms with Gasteiger partial charge in [0, 0.05) is 0 Å². The third-order valence-electron chi connectivity index (χ3n) is 6.50. The zero-order valence-electron chi connectivity index (χ0n) is 22.0. The van der Waals surface area contributed by atoms with Gasteiger partial charge in [-0.25, -0.2) is 13.1 Å². The van der Waals surface area contributed by atoms with Crippen LogP contribution in [0.25, 0.3) is 0 Å². The SMILES string of the molecule is CCCCCCCCCCCCCCCCS(=O)(=O)NC(CC(C)C)C(=O)NC1CCOC1O. The van der Waals surface area contributed by atoms with Gasteiger partial charge in [0.2, 0.25) is 15.9 Å². The van der Waals surface area contributed by atoms with Gasteiger partial charge in [-0.05, 0) is 25.2 Å². The van der Waals surface area contributed by atoms with Crippen molar-refractivity contribution in [2.45, 2.75) is 142 Å². The molecular formula is C26H52N2O5S. The van der Waals surface area contributed by atoms with E-state index in [2.05, 4.69) is 17.0 Å². The second-order valence-corrected chi connectivity index (χ2v) is 12.3. The fourth-order valence-electron chi connectivity index (χ4n) is 4.44. The van der Waals surface area contributed by atoms with E-state index >= 15 is 0 Å². The first-order valence-corrected chi connectivity index (χ1v) is 15.5. The van der Waals surface area contributed by atoms with Crippen LogP contribution in [0.5, 0.6) is 0 Å². The molecule has 3 unspecified atom stereocenters. The Kier molecular flexibility index (Phi) is 17.1. The Morgan fingerprint density at radius 2 is 1.41 bits per heavy atom. The number of hydrogen-bond acceptors (Lipinski definition) is 5. The standard InChI is InChI=1S/C26H52N2O5S/c1-4-5-6-7-8-9-10-11-12-13-14-15-16-17-20-34(31,32)28-24(21-22(2)3)25(29)27-23-18-19-33-26(23)30/h22-24,26,28,30H,4-21H2,1-3H3,(H,27,29). The van der Waals surface area contributed by atoms with Crippen LogP contribution in [0.15, 0.2) is 0 Å². The fraction of sp³-hybridized carbons (Fsp3) is 0.962. The first kappa shape index (κ1) is 31.3. The molecule has 3 atom stereocenters. The van der Waals surface area contributed by atoms with Gasteiger partial charge in [-0.2, -0.15) is 0 Å². The summed E-state index contributed by atoms with van der Waals surface area (Å²) >= 11 is 0. The number of aliphatic hydroxyl groups excluding tert-OH is 1. The molecule has 0 aromatic heterocycles. The molecule has 0 aromatic carbocycles. The summed E-state index contributed by atoms with van der Waals surface area (Å²) in [6.07, 6.45) is 17.0. The van der Waals surface area contributed by atoms with Crippen LogP contribution in [-0.4, -0.2) is 50.2 Å². The lowest BCUT2D eigenvalue weighted by molar-refractivity contribution is -0.127. The minimum atomic E-state index is -3.54. The molecule has 1 heterocycles. The maximum atomic E-state index is 12.7. The Morgan fingerprint density at radius 1 is 0.912 bits per heavy atom. The molecule has 1 aliphatic rings. The molecule has 1 aliphatic heterocycles. The molecule has 8 heteroatoms. The van der Waals surface area contributed by atoms with E-state index in [1.165, 1.54) is 64.2 Å². The highest BCUT2D eigenvalue weighted by molar-refractivity contribution is 7.89. The van der Waals surface area contributed by atoms with E-state index in [1.54, 1.807) is 0 Å². The van der Waals surface area contributed by atoms with Crippen LogP contribution in [0.2, 0.25) is 0 Å². The minimum Gasteiger partial charge on any atom is -0.366 e. The maximum absolute atomic E-state index is 12.7. The molecule has 3 N–H and O–H groups in total. The summed E-state index contributed by atoms with van der Waals surface area (Å²) in [6, 6.07) is -1.32. The average Bonchev–Trinajstić information content (AvgIpc) is 3.17. The van der Waals surface area contributed by atoms with Crippen molar-refractivity contribution in [3.63, 3.8) is 0 Å². The predicted molar refractivity (Wildman–Crippen MR) is 139 cm³/mol. The van der Waals surface area contributed by atoms with Crippen molar-refractivity contribution < 1.29 is 23.1 Å². The number of sulfonamides is 1. The van der Waals surface area contributed by atoms with Crippen LogP contribution < -0.4 is 10.0 Å². The van der Waals surface area contributed by atoms with Gasteiger partial charge < -0.3 is 15.2 Å². The molecular weight excluding hydrogens is 452 g/mol. The van der Waals surface area contributed by atoms with Gasteiger partial charge in [-0.1, -0.05) is 104 Å². The van der Waals surface area contributed by atoms with Crippen LogP contribution in [0, 0.1) is 5.92 Å². The molecule has 1 fully saturated rings. The zero-order valence-corrected chi connectivity index (χ0v) is 22.8. The topological polar surface area (TPSA) is 105 Å². The lowest BCUT2D eigenvalue weighted by Crippen LogP contribution is -2.52. The third-order valence-corrected chi connectivity index (χ3v) is 7.97. The van der Waals surface area contributed by atoms with Crippen molar-refractivity contribution in [2.24, 2.45) is 5.92 Å². The van der Waals surface area contributed by atoms with Gasteiger partial charge in [0.1, 0.15) is 6.04 Å². The van der Waals surface area contributed by atoms with Gasteiger partial charge in [0.15, 0.2) is 6.29 Å². The molecule has 0 aliphatic carbocycles. The van der Waals surface area contributed by atoms with Crippen molar-refractivity contribution in [1.82, 2.24) is 10.0 Å². The quantitative estimate of drug-likeness (QED) is 0.190. The van der Waals surface area contributed by atoms with Crippen LogP contribution in [0.3, 0.4) is 0 Å². The first-order valence-electron chi connectivity index (χ1n) is 13.8. The second-order valence-electron chi connectivity index (χ2n) is 10.4. The monoisotopic (exact) mass is 504 g/mol. The van der Waals surface area contributed by atoms with Crippen LogP contribution >= 0.6 is 0 Å². The Hall–Kier alpha value is -0.700. The molecule has 34 heavy (non-hydrogen) atoms. The molecule has 0 bridgehead atoms. The molecule has 202 valence electrons. The summed E-state index contributed by atoms with van der Waals surface area (Å²) < 4.78 is 32.8. The summed E-state index contributed by atoms with van der Waals surface area (Å²) in [4.78, 5) is 12.7. The predicted octanol–water partition coefficient (Wildman–Crippen LogP) is 5.03. The van der Waals surface area contributed by atoms with Gasteiger partial charge in [0.25, 0.3) is 0 Å². The van der Waals surface area contributed by atoms with Crippen LogP contribution in [0.4, 0.5) is 0 Å². The smallest absolute Gasteiger partial charge is 0.238 e. The number of ether oxygens (including phenoxy) is 1. The molecule has 1 rings (SSSR count). The van der Waals surface area contributed by atoms with Gasteiger partial charge in [-0.3, -0.25) is 4.79 Å². The highest BCUT2D eigenvalue weighted by atomic mass is 32.2. The molecule has 7 nitrogen and oxygen atoms in total. The molecule has 1 amide bonds. The lowest BCUT2D eigenvalue weighted by atomic mass is 10.0. The number of carbonyl (C=O) groups is 1. The summed E-state index contributed by atoms with van der Waals surface area (Å²) in [7, 11) is -3.54. The van der Waals surface area contributed by atoms with E-state index in [4.69, 9.17) is 4.74 Å². The van der Waals surface area contributed by atoms with Gasteiger partial charge in [0.05, 0.1) is 18.4 Å². The van der Waals surface area contributed by atoms with Crippen LogP contribution in [0.1, 0.15) is 124 Å². The minimum absolute atomic E-state index is 0.0437. The lowest BCUT2D eigenvalue weighted by Gasteiger charge is -2.23. The highest BCUT2D eigenvalue weighted by Gasteiger charge is 2.32. The number of nitrogens with one attached hydrogen (secondary N) is 2. The fourth-order valence-corrected chi connectivity index (χ4v) is 5.78. The number of rotatable bonds is 21. The molecule has 1 saturated heterocycles. The van der Waals surface area contributed by atoms with Gasteiger partial charge >= 0.3 is 0 Å². The zero-order chi connectivity index (χ0) is 25.2. The van der Waals surface area contributed by atoms with E-state index in [-0.39, 0.29) is 11.7 Å². The molecule has 0 saturated carbocycles. The number of unbranched alkanes of at least 4 members (excludes halogenated alkanes) is 13. The summed E-state index contributed by atoms with van der Waals surface area (Å²) in [5, 5.41) is 12.5. The molecule has 0 aromatic rings. The Morgan fingerprint density at radius 3 is 1.85 bits per heavy atom. The van der Waals surface area contributed by atoms with E-state index in [0.29, 0.717) is 25.9 Å². The highest BCUT2D eigenvalue weighted by Crippen LogP contribution is 2.15. The summed E-state index contributed by atoms with van der Waals surface area (Å²) in [6.45, 7) is 6.54. The number of aliphatic hydroxyl groups is 1. The molecule has 0 spiro atoms. The van der Waals surface area contributed by atoms with Crippen molar-refractivity contribution in [3.05, 3.63) is 0 Å². The Bertz CT molecular complexity index is 627. The molecule has 0 radical (unpaired) electrons. The van der Waals surface area contributed by atoms with Crippen LogP contribution in [-0.2, 0) is 19.6 Å². The maximum Gasteiger partial charge on any atom is 0.238 e. The Labute approximate surface area is 209 Å². The number of amides is 1. The number of carbonyl (C=O) groups excluding carboxylic acids is 1. The van der Waals surface area contributed by atoms with E-state index in [9.17, 15) is 18.3 Å². The largest absolute Gasteiger partial charge is 0.366 e. The summed E-state index contributed by atoms with van der Waals surface area (Å²) in [5.74, 6) is -0.195. The normalized spacial score (nSPS) is 19.6. The van der Waals surface area contributed by atoms with E-state index in [1.807, 2.05) is 13.8 Å². The van der Waals surface area contributed by atoms with Crippen molar-refractivity contribution in [2.75, 3.05) is 12.4 Å². The van der Waals surface area contributed by atoms with Gasteiger partial charge in [-0.15, -0.1) is 0 Å². The average molecular weight is 505 g/mol. The van der Waals surface area contributed by atoms with Crippen molar-refractivity contribution >= 4 is 15.9 Å². The third kappa shape index (κ3) is 15.3. The Balaban J connectivity index is 2.17. The van der Waals surface area contributed by atoms with Crippen molar-refractivity contribution in [1.29, 1.82) is 0 Å². The van der Waals surface area contributed by atoms with Crippen molar-refractivity contribution in [3.8, 4) is 0 Å².